The summed E-state index contributed by atoms with van der Waals surface area (Å²) in [5.74, 6) is 0.985. The molecule has 2 aromatic heterocycles. The van der Waals surface area contributed by atoms with Gasteiger partial charge >= 0.3 is 0 Å². The molecule has 0 atom stereocenters. The van der Waals surface area contributed by atoms with E-state index < -0.39 is 0 Å². The largest absolute Gasteiger partial charge is 0.383 e. The lowest BCUT2D eigenvalue weighted by Crippen LogP contribution is -2.14. The Bertz CT molecular complexity index is 783. The molecule has 24 heavy (non-hydrogen) atoms. The molecule has 2 heterocycles. The number of fused-ring (bicyclic) bond motifs is 3. The molecule has 0 fully saturated rings. The van der Waals surface area contributed by atoms with Crippen LogP contribution in [0, 0.1) is 0 Å². The van der Waals surface area contributed by atoms with Gasteiger partial charge in [0.05, 0.1) is 5.39 Å². The number of rotatable bonds is 5. The van der Waals surface area contributed by atoms with E-state index >= 15 is 0 Å². The molecule has 4 nitrogen and oxygen atoms in total. The third kappa shape index (κ3) is 3.51. The van der Waals surface area contributed by atoms with Gasteiger partial charge < -0.3 is 10.6 Å². The molecular formula is C19H24N4S. The third-order valence-electron chi connectivity index (χ3n) is 4.02. The molecule has 0 spiro atoms. The van der Waals surface area contributed by atoms with Crippen LogP contribution in [0.3, 0.4) is 0 Å². The Hall–Kier alpha value is -2.14. The van der Waals surface area contributed by atoms with Crippen LogP contribution in [0.4, 0.5) is 11.5 Å². The van der Waals surface area contributed by atoms with Crippen LogP contribution in [0.2, 0.25) is 0 Å². The highest BCUT2D eigenvalue weighted by Gasteiger charge is 2.20. The maximum Gasteiger partial charge on any atom is 0.138 e. The van der Waals surface area contributed by atoms with E-state index in [0.717, 1.165) is 29.4 Å². The number of hydrogen-bond donors (Lipinski definition) is 2. The highest BCUT2D eigenvalue weighted by atomic mass is 32.1. The lowest BCUT2D eigenvalue weighted by Gasteiger charge is -2.09. The first-order valence-electron chi connectivity index (χ1n) is 8.70. The smallest absolute Gasteiger partial charge is 0.138 e. The molecule has 0 amide bonds. The molecule has 0 unspecified atom stereocenters. The number of benzene rings is 1. The Morgan fingerprint density at radius 2 is 1.79 bits per heavy atom. The molecule has 3 aromatic rings. The summed E-state index contributed by atoms with van der Waals surface area (Å²) in [5, 5.41) is 8.12. The number of aryl methyl sites for hydroxylation is 2. The Balaban J connectivity index is 0.000000815. The van der Waals surface area contributed by atoms with Crippen molar-refractivity contribution in [1.82, 2.24) is 9.97 Å². The minimum Gasteiger partial charge on any atom is -0.383 e. The van der Waals surface area contributed by atoms with Crippen molar-refractivity contribution >= 4 is 33.1 Å². The molecule has 1 aliphatic carbocycles. The maximum atomic E-state index is 4.46. The van der Waals surface area contributed by atoms with Crippen molar-refractivity contribution in [3.63, 3.8) is 0 Å². The number of aromatic nitrogens is 2. The molecule has 0 radical (unpaired) electrons. The minimum atomic E-state index is 0.839. The fraction of sp³-hybridized carbons (Fsp3) is 0.368. The third-order valence-corrected chi connectivity index (χ3v) is 5.22. The molecule has 0 saturated carbocycles. The maximum absolute atomic E-state index is 4.46. The van der Waals surface area contributed by atoms with Crippen LogP contribution in [0.1, 0.15) is 30.7 Å². The summed E-state index contributed by atoms with van der Waals surface area (Å²) in [7, 11) is 0. The summed E-state index contributed by atoms with van der Waals surface area (Å²) in [4.78, 5) is 11.5. The van der Waals surface area contributed by atoms with Crippen molar-refractivity contribution < 1.29 is 0 Å². The fourth-order valence-electron chi connectivity index (χ4n) is 3.01. The Kier molecular flexibility index (Phi) is 5.64. The van der Waals surface area contributed by atoms with Crippen molar-refractivity contribution in [2.24, 2.45) is 0 Å². The number of nitrogens with zero attached hydrogens (tertiary/aromatic N) is 2. The predicted molar refractivity (Wildman–Crippen MR) is 104 cm³/mol. The van der Waals surface area contributed by atoms with Gasteiger partial charge in [0, 0.05) is 23.7 Å². The lowest BCUT2D eigenvalue weighted by molar-refractivity contribution is 0.917. The van der Waals surface area contributed by atoms with E-state index in [1.807, 2.05) is 43.4 Å². The lowest BCUT2D eigenvalue weighted by atomic mass is 10.2. The average molecular weight is 340 g/mol. The topological polar surface area (TPSA) is 49.8 Å². The van der Waals surface area contributed by atoms with Crippen molar-refractivity contribution in [3.05, 3.63) is 47.1 Å². The molecule has 126 valence electrons. The van der Waals surface area contributed by atoms with Gasteiger partial charge in [-0.1, -0.05) is 32.0 Å². The zero-order valence-electron chi connectivity index (χ0n) is 14.3. The van der Waals surface area contributed by atoms with Crippen LogP contribution >= 0.6 is 11.3 Å². The Labute approximate surface area is 147 Å². The molecule has 2 N–H and O–H groups in total. The standard InChI is InChI=1S/C17H18N4S.C2H6/c1-2-5-12(6-3-1)18-9-10-19-16-15-13-7-4-8-14(13)22-17(15)21-11-20-16;1-2/h1-3,5-6,11,18H,4,7-10H2,(H,19,20,21);1-2H3. The second-order valence-corrected chi connectivity index (χ2v) is 6.56. The molecular weight excluding hydrogens is 316 g/mol. The van der Waals surface area contributed by atoms with Gasteiger partial charge in [-0.3, -0.25) is 0 Å². The summed E-state index contributed by atoms with van der Waals surface area (Å²) in [6, 6.07) is 10.3. The summed E-state index contributed by atoms with van der Waals surface area (Å²) >= 11 is 1.83. The Morgan fingerprint density at radius 1 is 1.00 bits per heavy atom. The first-order chi connectivity index (χ1) is 11.9. The summed E-state index contributed by atoms with van der Waals surface area (Å²) in [6.07, 6.45) is 5.30. The highest BCUT2D eigenvalue weighted by Crippen LogP contribution is 2.38. The quantitative estimate of drug-likeness (QED) is 0.659. The zero-order chi connectivity index (χ0) is 16.8. The van der Waals surface area contributed by atoms with Gasteiger partial charge in [0.25, 0.3) is 0 Å². The van der Waals surface area contributed by atoms with E-state index in [0.29, 0.717) is 0 Å². The minimum absolute atomic E-state index is 0.839. The summed E-state index contributed by atoms with van der Waals surface area (Å²) in [6.45, 7) is 5.70. The fourth-order valence-corrected chi connectivity index (χ4v) is 4.24. The van der Waals surface area contributed by atoms with Gasteiger partial charge in [-0.2, -0.15) is 0 Å². The van der Waals surface area contributed by atoms with E-state index in [2.05, 4.69) is 32.7 Å². The van der Waals surface area contributed by atoms with Crippen molar-refractivity contribution in [2.75, 3.05) is 23.7 Å². The van der Waals surface area contributed by atoms with Crippen molar-refractivity contribution in [1.29, 1.82) is 0 Å². The average Bonchev–Trinajstić information content (AvgIpc) is 3.22. The Morgan fingerprint density at radius 3 is 2.62 bits per heavy atom. The van der Waals surface area contributed by atoms with Gasteiger partial charge in [-0.05, 0) is 37.0 Å². The number of para-hydroxylation sites is 1. The number of anilines is 2. The normalized spacial score (nSPS) is 12.4. The zero-order valence-corrected chi connectivity index (χ0v) is 15.1. The first kappa shape index (κ1) is 16.7. The summed E-state index contributed by atoms with van der Waals surface area (Å²) < 4.78 is 0. The van der Waals surface area contributed by atoms with Gasteiger partial charge in [0.2, 0.25) is 0 Å². The SMILES string of the molecule is CC.c1ccc(NCCNc2ncnc3sc4c(c23)CCC4)cc1. The van der Waals surface area contributed by atoms with Crippen LogP contribution in [0.25, 0.3) is 10.2 Å². The summed E-state index contributed by atoms with van der Waals surface area (Å²) in [5.41, 5.74) is 2.62. The van der Waals surface area contributed by atoms with Gasteiger partial charge in [-0.25, -0.2) is 9.97 Å². The number of nitrogens with one attached hydrogen (secondary N) is 2. The second kappa shape index (κ2) is 8.11. The van der Waals surface area contributed by atoms with Gasteiger partial charge in [0.1, 0.15) is 17.0 Å². The van der Waals surface area contributed by atoms with E-state index in [1.54, 1.807) is 6.33 Å². The molecule has 1 aromatic carbocycles. The van der Waals surface area contributed by atoms with Crippen LogP contribution in [-0.4, -0.2) is 23.1 Å². The molecule has 5 heteroatoms. The van der Waals surface area contributed by atoms with Crippen LogP contribution < -0.4 is 10.6 Å². The van der Waals surface area contributed by atoms with Gasteiger partial charge in [-0.15, -0.1) is 11.3 Å². The monoisotopic (exact) mass is 340 g/mol. The highest BCUT2D eigenvalue weighted by molar-refractivity contribution is 7.19. The van der Waals surface area contributed by atoms with Crippen molar-refractivity contribution in [2.45, 2.75) is 33.1 Å². The van der Waals surface area contributed by atoms with E-state index in [4.69, 9.17) is 0 Å². The van der Waals surface area contributed by atoms with Crippen LogP contribution in [0.15, 0.2) is 36.7 Å². The molecule has 0 bridgehead atoms. The molecule has 4 rings (SSSR count). The van der Waals surface area contributed by atoms with E-state index in [-0.39, 0.29) is 0 Å². The first-order valence-corrected chi connectivity index (χ1v) is 9.51. The molecule has 0 saturated heterocycles. The number of thiophene rings is 1. The molecule has 0 aliphatic heterocycles. The van der Waals surface area contributed by atoms with Gasteiger partial charge in [0.15, 0.2) is 0 Å². The predicted octanol–water partition coefficient (Wildman–Crippen LogP) is 4.73. The molecule has 1 aliphatic rings. The van der Waals surface area contributed by atoms with Crippen molar-refractivity contribution in [3.8, 4) is 0 Å². The van der Waals surface area contributed by atoms with E-state index in [1.165, 1.54) is 35.1 Å². The van der Waals surface area contributed by atoms with Crippen LogP contribution in [0.5, 0.6) is 0 Å². The number of hydrogen-bond acceptors (Lipinski definition) is 5. The van der Waals surface area contributed by atoms with E-state index in [9.17, 15) is 0 Å². The second-order valence-electron chi connectivity index (χ2n) is 5.48. The van der Waals surface area contributed by atoms with Crippen LogP contribution in [-0.2, 0) is 12.8 Å².